The Morgan fingerprint density at radius 2 is 1.79 bits per heavy atom. The van der Waals surface area contributed by atoms with Gasteiger partial charge in [0.25, 0.3) is 0 Å². The molecule has 164 valence electrons. The molecule has 0 radical (unpaired) electrons. The van der Waals surface area contributed by atoms with E-state index in [9.17, 15) is 14.7 Å². The SMILES string of the molecule is CCC(O)CC(CC(CC1CC(C)OC(C)O1)OC(=O)C(Br)(Br)Br)OC(C)=O. The van der Waals surface area contributed by atoms with E-state index < -0.39 is 32.4 Å². The minimum Gasteiger partial charge on any atom is -0.462 e. The smallest absolute Gasteiger partial charge is 0.345 e. The molecule has 7 nitrogen and oxygen atoms in total. The Kier molecular flexibility index (Phi) is 11.5. The summed E-state index contributed by atoms with van der Waals surface area (Å²) in [5, 5.41) is 9.99. The second-order valence-corrected chi connectivity index (χ2v) is 13.8. The van der Waals surface area contributed by atoms with Gasteiger partial charge in [0.15, 0.2) is 6.29 Å². The Balaban J connectivity index is 2.89. The number of aliphatic hydroxyl groups excluding tert-OH is 1. The number of hydrogen-bond acceptors (Lipinski definition) is 7. The van der Waals surface area contributed by atoms with Crippen molar-refractivity contribution < 1.29 is 33.6 Å². The number of carbonyl (C=O) groups is 2. The zero-order valence-electron chi connectivity index (χ0n) is 16.5. The van der Waals surface area contributed by atoms with E-state index in [1.54, 1.807) is 0 Å². The first-order chi connectivity index (χ1) is 12.9. The number of esters is 2. The summed E-state index contributed by atoms with van der Waals surface area (Å²) in [4.78, 5) is 23.8. The van der Waals surface area contributed by atoms with E-state index in [0.717, 1.165) is 0 Å². The van der Waals surface area contributed by atoms with Crippen LogP contribution in [0.15, 0.2) is 0 Å². The van der Waals surface area contributed by atoms with Crippen LogP contribution in [0.4, 0.5) is 0 Å². The summed E-state index contributed by atoms with van der Waals surface area (Å²) in [5.41, 5.74) is 0. The molecule has 1 rings (SSSR count). The lowest BCUT2D eigenvalue weighted by Crippen LogP contribution is -2.40. The number of aliphatic hydroxyl groups is 1. The van der Waals surface area contributed by atoms with E-state index in [1.165, 1.54) is 6.92 Å². The van der Waals surface area contributed by atoms with Crippen molar-refractivity contribution in [2.24, 2.45) is 0 Å². The van der Waals surface area contributed by atoms with Gasteiger partial charge in [-0.2, -0.15) is 0 Å². The predicted molar refractivity (Wildman–Crippen MR) is 115 cm³/mol. The average Bonchev–Trinajstić information content (AvgIpc) is 2.51. The van der Waals surface area contributed by atoms with E-state index in [4.69, 9.17) is 18.9 Å². The molecular weight excluding hydrogens is 568 g/mol. The zero-order valence-corrected chi connectivity index (χ0v) is 21.3. The highest BCUT2D eigenvalue weighted by atomic mass is 80.0. The van der Waals surface area contributed by atoms with Crippen molar-refractivity contribution in [3.63, 3.8) is 0 Å². The maximum Gasteiger partial charge on any atom is 0.345 e. The Morgan fingerprint density at radius 3 is 2.29 bits per heavy atom. The fourth-order valence-electron chi connectivity index (χ4n) is 3.16. The molecule has 1 N–H and O–H groups in total. The average molecular weight is 597 g/mol. The molecule has 1 aliphatic rings. The molecule has 6 unspecified atom stereocenters. The van der Waals surface area contributed by atoms with Crippen LogP contribution in [-0.2, 0) is 28.5 Å². The molecule has 0 aromatic carbocycles. The minimum absolute atomic E-state index is 0.0268. The van der Waals surface area contributed by atoms with Crippen LogP contribution >= 0.6 is 47.8 Å². The molecule has 1 fully saturated rings. The highest BCUT2D eigenvalue weighted by Gasteiger charge is 2.36. The third-order valence-corrected chi connectivity index (χ3v) is 5.27. The molecule has 0 aromatic heterocycles. The maximum atomic E-state index is 12.3. The molecule has 0 spiro atoms. The summed E-state index contributed by atoms with van der Waals surface area (Å²) in [5.74, 6) is -1.01. The second kappa shape index (κ2) is 12.2. The highest BCUT2D eigenvalue weighted by molar-refractivity contribution is 9.40. The van der Waals surface area contributed by atoms with Crippen LogP contribution in [0.3, 0.4) is 0 Å². The number of halogens is 3. The Hall–Kier alpha value is 0.260. The van der Waals surface area contributed by atoms with Crippen molar-refractivity contribution in [2.75, 3.05) is 0 Å². The van der Waals surface area contributed by atoms with Crippen molar-refractivity contribution >= 4 is 59.7 Å². The van der Waals surface area contributed by atoms with Crippen LogP contribution in [0.25, 0.3) is 0 Å². The summed E-state index contributed by atoms with van der Waals surface area (Å²) in [6.07, 6.45) is -0.0912. The maximum absolute atomic E-state index is 12.3. The van der Waals surface area contributed by atoms with Gasteiger partial charge in [0.1, 0.15) is 12.2 Å². The van der Waals surface area contributed by atoms with Crippen LogP contribution in [0.1, 0.15) is 59.8 Å². The summed E-state index contributed by atoms with van der Waals surface area (Å²) < 4.78 is 21.2. The first-order valence-corrected chi connectivity index (χ1v) is 11.7. The molecule has 0 amide bonds. The van der Waals surface area contributed by atoms with Gasteiger partial charge < -0.3 is 24.1 Å². The van der Waals surface area contributed by atoms with E-state index in [0.29, 0.717) is 19.3 Å². The first-order valence-electron chi connectivity index (χ1n) is 9.34. The fraction of sp³-hybridized carbons (Fsp3) is 0.889. The van der Waals surface area contributed by atoms with Gasteiger partial charge in [-0.05, 0) is 74.5 Å². The molecule has 6 atom stereocenters. The monoisotopic (exact) mass is 594 g/mol. The Labute approximate surface area is 191 Å². The van der Waals surface area contributed by atoms with Gasteiger partial charge in [-0.15, -0.1) is 0 Å². The van der Waals surface area contributed by atoms with Crippen LogP contribution < -0.4 is 0 Å². The molecule has 10 heteroatoms. The minimum atomic E-state index is -1.21. The summed E-state index contributed by atoms with van der Waals surface area (Å²) in [6, 6.07) is 0. The lowest BCUT2D eigenvalue weighted by atomic mass is 9.97. The van der Waals surface area contributed by atoms with Gasteiger partial charge in [-0.3, -0.25) is 4.79 Å². The number of rotatable bonds is 9. The molecule has 0 aliphatic carbocycles. The third-order valence-electron chi connectivity index (χ3n) is 4.30. The van der Waals surface area contributed by atoms with Gasteiger partial charge >= 0.3 is 11.9 Å². The van der Waals surface area contributed by atoms with Gasteiger partial charge in [0.05, 0.1) is 18.3 Å². The van der Waals surface area contributed by atoms with Gasteiger partial charge in [-0.1, -0.05) is 6.92 Å². The number of hydrogen-bond donors (Lipinski definition) is 1. The summed E-state index contributed by atoms with van der Waals surface area (Å²) in [6.45, 7) is 6.95. The molecule has 28 heavy (non-hydrogen) atoms. The van der Waals surface area contributed by atoms with Gasteiger partial charge in [0, 0.05) is 26.2 Å². The van der Waals surface area contributed by atoms with E-state index in [-0.39, 0.29) is 31.3 Å². The Morgan fingerprint density at radius 1 is 1.14 bits per heavy atom. The topological polar surface area (TPSA) is 91.3 Å². The zero-order chi connectivity index (χ0) is 21.5. The number of carbonyl (C=O) groups excluding carboxylic acids is 2. The van der Waals surface area contributed by atoms with Crippen molar-refractivity contribution in [1.29, 1.82) is 0 Å². The van der Waals surface area contributed by atoms with E-state index >= 15 is 0 Å². The van der Waals surface area contributed by atoms with Gasteiger partial charge in [-0.25, -0.2) is 4.79 Å². The van der Waals surface area contributed by atoms with Crippen molar-refractivity contribution in [1.82, 2.24) is 0 Å². The van der Waals surface area contributed by atoms with E-state index in [1.807, 2.05) is 20.8 Å². The number of ether oxygens (including phenoxy) is 4. The quantitative estimate of drug-likeness (QED) is 0.316. The van der Waals surface area contributed by atoms with Crippen LogP contribution in [0, 0.1) is 0 Å². The van der Waals surface area contributed by atoms with Crippen molar-refractivity contribution in [2.45, 2.75) is 98.8 Å². The van der Waals surface area contributed by atoms with Crippen LogP contribution in [-0.4, -0.2) is 56.0 Å². The largest absolute Gasteiger partial charge is 0.462 e. The van der Waals surface area contributed by atoms with Gasteiger partial charge in [0.2, 0.25) is 2.14 Å². The van der Waals surface area contributed by atoms with Crippen molar-refractivity contribution in [3.8, 4) is 0 Å². The lowest BCUT2D eigenvalue weighted by Gasteiger charge is -2.35. The molecule has 1 heterocycles. The predicted octanol–water partition coefficient (Wildman–Crippen LogP) is 4.15. The lowest BCUT2D eigenvalue weighted by molar-refractivity contribution is -0.235. The fourth-order valence-corrected chi connectivity index (χ4v) is 3.44. The van der Waals surface area contributed by atoms with Crippen molar-refractivity contribution in [3.05, 3.63) is 0 Å². The summed E-state index contributed by atoms with van der Waals surface area (Å²) in [7, 11) is 0. The Bertz CT molecular complexity index is 502. The molecule has 1 aliphatic heterocycles. The molecule has 0 aromatic rings. The van der Waals surface area contributed by atoms with Crippen LogP contribution in [0.5, 0.6) is 0 Å². The molecular formula is C18H29Br3O7. The second-order valence-electron chi connectivity index (χ2n) is 7.03. The van der Waals surface area contributed by atoms with E-state index in [2.05, 4.69) is 47.8 Å². The standard InChI is InChI=1S/C18H29Br3O7/c1-5-13(23)7-15(26-11(3)22)9-16(28-17(24)18(19,20)21)8-14-6-10(2)25-12(4)27-14/h10,12-16,23H,5-9H2,1-4H3. The highest BCUT2D eigenvalue weighted by Crippen LogP contribution is 2.36. The molecule has 1 saturated heterocycles. The molecule has 0 bridgehead atoms. The third kappa shape index (κ3) is 10.3. The van der Waals surface area contributed by atoms with Crippen LogP contribution in [0.2, 0.25) is 0 Å². The molecule has 0 saturated carbocycles. The normalized spacial score (nSPS) is 26.2. The first kappa shape index (κ1) is 26.3. The number of alkyl halides is 3. The summed E-state index contributed by atoms with van der Waals surface area (Å²) >= 11 is 9.47.